The van der Waals surface area contributed by atoms with Gasteiger partial charge in [-0.05, 0) is 12.8 Å². The molecule has 1 fully saturated rings. The van der Waals surface area contributed by atoms with Crippen molar-refractivity contribution in [3.63, 3.8) is 0 Å². The van der Waals surface area contributed by atoms with Crippen LogP contribution in [0.15, 0.2) is 0 Å². The van der Waals surface area contributed by atoms with Crippen molar-refractivity contribution in [1.82, 2.24) is 5.32 Å². The Morgan fingerprint density at radius 1 is 1.50 bits per heavy atom. The minimum Gasteiger partial charge on any atom is -0.481 e. The van der Waals surface area contributed by atoms with E-state index in [-0.39, 0.29) is 0 Å². The van der Waals surface area contributed by atoms with E-state index in [2.05, 4.69) is 5.32 Å². The third-order valence-corrected chi connectivity index (χ3v) is 2.26. The molecule has 1 heterocycles. The Morgan fingerprint density at radius 3 is 2.62 bits per heavy atom. The van der Waals surface area contributed by atoms with E-state index in [1.54, 1.807) is 0 Å². The van der Waals surface area contributed by atoms with Gasteiger partial charge in [0.15, 0.2) is 0 Å². The molecule has 90 valence electrons. The van der Waals surface area contributed by atoms with Crippen LogP contribution in [-0.2, 0) is 19.1 Å². The first-order valence-corrected chi connectivity index (χ1v) is 4.94. The number of ether oxygens (including phenoxy) is 1. The second-order valence-electron chi connectivity index (χ2n) is 3.56. The first kappa shape index (κ1) is 12.4. The number of hydrogen-bond donors (Lipinski definition) is 3. The van der Waals surface area contributed by atoms with Crippen molar-refractivity contribution in [2.45, 2.75) is 31.4 Å². The first-order chi connectivity index (χ1) is 7.50. The van der Waals surface area contributed by atoms with Gasteiger partial charge in [0.05, 0.1) is 6.42 Å². The Kier molecular flexibility index (Phi) is 4.24. The van der Waals surface area contributed by atoms with Crippen molar-refractivity contribution in [3.8, 4) is 0 Å². The molecule has 0 unspecified atom stereocenters. The fourth-order valence-electron chi connectivity index (χ4n) is 1.45. The van der Waals surface area contributed by atoms with Crippen LogP contribution in [0.25, 0.3) is 0 Å². The summed E-state index contributed by atoms with van der Waals surface area (Å²) in [7, 11) is 0. The van der Waals surface area contributed by atoms with Gasteiger partial charge >= 0.3 is 5.97 Å². The van der Waals surface area contributed by atoms with Crippen molar-refractivity contribution in [2.75, 3.05) is 6.61 Å². The molecule has 0 bridgehead atoms. The number of carbonyl (C=O) groups is 3. The topological polar surface area (TPSA) is 119 Å². The average molecular weight is 230 g/mol. The summed E-state index contributed by atoms with van der Waals surface area (Å²) < 4.78 is 5.09. The third-order valence-electron chi connectivity index (χ3n) is 2.26. The van der Waals surface area contributed by atoms with Crippen LogP contribution in [0.4, 0.5) is 0 Å². The molecule has 4 N–H and O–H groups in total. The summed E-state index contributed by atoms with van der Waals surface area (Å²) in [4.78, 5) is 32.8. The van der Waals surface area contributed by atoms with Gasteiger partial charge in [-0.1, -0.05) is 0 Å². The highest BCUT2D eigenvalue weighted by atomic mass is 16.5. The number of aliphatic carboxylic acids is 1. The van der Waals surface area contributed by atoms with Gasteiger partial charge < -0.3 is 20.9 Å². The molecule has 7 nitrogen and oxygen atoms in total. The Morgan fingerprint density at radius 2 is 2.19 bits per heavy atom. The van der Waals surface area contributed by atoms with E-state index in [0.29, 0.717) is 13.0 Å². The van der Waals surface area contributed by atoms with Crippen LogP contribution in [0.2, 0.25) is 0 Å². The molecule has 0 aromatic heterocycles. The first-order valence-electron chi connectivity index (χ1n) is 4.94. The zero-order valence-electron chi connectivity index (χ0n) is 8.64. The number of carboxylic acids is 1. The molecule has 0 spiro atoms. The van der Waals surface area contributed by atoms with Gasteiger partial charge in [-0.2, -0.15) is 0 Å². The molecule has 1 rings (SSSR count). The predicted octanol–water partition coefficient (Wildman–Crippen LogP) is -1.39. The molecule has 0 radical (unpaired) electrons. The van der Waals surface area contributed by atoms with E-state index in [1.165, 1.54) is 0 Å². The zero-order valence-corrected chi connectivity index (χ0v) is 8.64. The van der Waals surface area contributed by atoms with Gasteiger partial charge in [0.1, 0.15) is 12.1 Å². The van der Waals surface area contributed by atoms with Gasteiger partial charge in [-0.3, -0.25) is 14.4 Å². The van der Waals surface area contributed by atoms with Crippen LogP contribution >= 0.6 is 0 Å². The minimum atomic E-state index is -1.20. The standard InChI is InChI=1S/C9H14N2O5/c10-8(14)5(4-7(12)13)11-9(15)6-2-1-3-16-6/h5-6H,1-4H2,(H2,10,14)(H,11,15)(H,12,13)/t5-,6-/m0/s1. The van der Waals surface area contributed by atoms with Crippen molar-refractivity contribution in [1.29, 1.82) is 0 Å². The number of nitrogens with one attached hydrogen (secondary N) is 1. The maximum Gasteiger partial charge on any atom is 0.305 e. The van der Waals surface area contributed by atoms with Crippen LogP contribution in [0.5, 0.6) is 0 Å². The molecular weight excluding hydrogens is 216 g/mol. The second-order valence-corrected chi connectivity index (χ2v) is 3.56. The van der Waals surface area contributed by atoms with Crippen LogP contribution in [0.1, 0.15) is 19.3 Å². The summed E-state index contributed by atoms with van der Waals surface area (Å²) in [5.74, 6) is -2.55. The Hall–Kier alpha value is -1.63. The average Bonchev–Trinajstić information content (AvgIpc) is 2.68. The number of carbonyl (C=O) groups excluding carboxylic acids is 2. The van der Waals surface area contributed by atoms with Gasteiger partial charge in [0.25, 0.3) is 0 Å². The highest BCUT2D eigenvalue weighted by Crippen LogP contribution is 2.12. The van der Waals surface area contributed by atoms with Gasteiger partial charge in [0, 0.05) is 6.61 Å². The molecule has 2 atom stereocenters. The third kappa shape index (κ3) is 3.50. The molecule has 0 aliphatic carbocycles. The maximum atomic E-state index is 11.5. The van der Waals surface area contributed by atoms with E-state index in [1.807, 2.05) is 0 Å². The Labute approximate surface area is 91.9 Å². The number of carboxylic acid groups (broad SMARTS) is 1. The Bertz CT molecular complexity index is 298. The number of primary amides is 1. The van der Waals surface area contributed by atoms with Crippen LogP contribution in [0.3, 0.4) is 0 Å². The molecule has 1 aliphatic heterocycles. The number of amides is 2. The van der Waals surface area contributed by atoms with Crippen molar-refractivity contribution >= 4 is 17.8 Å². The lowest BCUT2D eigenvalue weighted by Gasteiger charge is -2.16. The van der Waals surface area contributed by atoms with Crippen LogP contribution in [0, 0.1) is 0 Å². The summed E-state index contributed by atoms with van der Waals surface area (Å²) >= 11 is 0. The SMILES string of the molecule is NC(=O)[C@H](CC(=O)O)NC(=O)[C@@H]1CCCO1. The van der Waals surface area contributed by atoms with E-state index in [9.17, 15) is 14.4 Å². The molecule has 2 amide bonds. The molecular formula is C9H14N2O5. The molecule has 0 saturated carbocycles. The lowest BCUT2D eigenvalue weighted by Crippen LogP contribution is -2.48. The normalized spacial score (nSPS) is 21.4. The summed E-state index contributed by atoms with van der Waals surface area (Å²) in [5.41, 5.74) is 4.97. The zero-order chi connectivity index (χ0) is 12.1. The summed E-state index contributed by atoms with van der Waals surface area (Å²) in [5, 5.41) is 10.8. The van der Waals surface area contributed by atoms with Gasteiger partial charge in [-0.25, -0.2) is 0 Å². The number of hydrogen-bond acceptors (Lipinski definition) is 4. The fraction of sp³-hybridized carbons (Fsp3) is 0.667. The molecule has 1 saturated heterocycles. The summed E-state index contributed by atoms with van der Waals surface area (Å²) in [6, 6.07) is -1.19. The van der Waals surface area contributed by atoms with Crippen molar-refractivity contribution in [2.24, 2.45) is 5.73 Å². The van der Waals surface area contributed by atoms with E-state index >= 15 is 0 Å². The van der Waals surface area contributed by atoms with E-state index < -0.39 is 36.4 Å². The molecule has 1 aliphatic rings. The fourth-order valence-corrected chi connectivity index (χ4v) is 1.45. The monoisotopic (exact) mass is 230 g/mol. The lowest BCUT2D eigenvalue weighted by atomic mass is 10.1. The molecule has 16 heavy (non-hydrogen) atoms. The van der Waals surface area contributed by atoms with Crippen LogP contribution in [-0.4, -0.2) is 41.6 Å². The molecule has 0 aromatic carbocycles. The Balaban J connectivity index is 2.50. The van der Waals surface area contributed by atoms with Crippen LogP contribution < -0.4 is 11.1 Å². The summed E-state index contributed by atoms with van der Waals surface area (Å²) in [6.45, 7) is 0.498. The molecule has 7 heteroatoms. The highest BCUT2D eigenvalue weighted by molar-refractivity contribution is 5.91. The summed E-state index contributed by atoms with van der Waals surface area (Å²) in [6.07, 6.45) is 0.229. The predicted molar refractivity (Wildman–Crippen MR) is 52.4 cm³/mol. The second kappa shape index (κ2) is 5.45. The lowest BCUT2D eigenvalue weighted by molar-refractivity contribution is -0.141. The smallest absolute Gasteiger partial charge is 0.305 e. The van der Waals surface area contributed by atoms with Gasteiger partial charge in [0.2, 0.25) is 11.8 Å². The number of nitrogens with two attached hydrogens (primary N) is 1. The largest absolute Gasteiger partial charge is 0.481 e. The highest BCUT2D eigenvalue weighted by Gasteiger charge is 2.28. The van der Waals surface area contributed by atoms with Crippen molar-refractivity contribution < 1.29 is 24.2 Å². The minimum absolute atomic E-state index is 0.484. The quantitative estimate of drug-likeness (QED) is 0.537. The van der Waals surface area contributed by atoms with Crippen molar-refractivity contribution in [3.05, 3.63) is 0 Å². The van der Waals surface area contributed by atoms with E-state index in [0.717, 1.165) is 6.42 Å². The maximum absolute atomic E-state index is 11.5. The van der Waals surface area contributed by atoms with E-state index in [4.69, 9.17) is 15.6 Å². The molecule has 0 aromatic rings. The van der Waals surface area contributed by atoms with Gasteiger partial charge in [-0.15, -0.1) is 0 Å². The number of rotatable bonds is 5.